The second-order valence-corrected chi connectivity index (χ2v) is 5.79. The highest BCUT2D eigenvalue weighted by molar-refractivity contribution is 5.82. The molecule has 1 rings (SSSR count). The first-order valence-corrected chi connectivity index (χ1v) is 6.52. The Bertz CT molecular complexity index is 231. The van der Waals surface area contributed by atoms with Crippen molar-refractivity contribution in [2.24, 2.45) is 17.1 Å². The summed E-state index contributed by atoms with van der Waals surface area (Å²) in [6, 6.07) is 0. The average Bonchev–Trinajstić information content (AvgIpc) is 2.98. The summed E-state index contributed by atoms with van der Waals surface area (Å²) in [5, 5.41) is 7.56. The molecule has 3 N–H and O–H groups in total. The molecule has 1 aliphatic carbocycles. The molecule has 0 heterocycles. The molecule has 0 atom stereocenters. The van der Waals surface area contributed by atoms with Crippen molar-refractivity contribution in [3.63, 3.8) is 0 Å². The smallest absolute Gasteiger partial charge is 0.0963 e. The van der Waals surface area contributed by atoms with Crippen molar-refractivity contribution >= 4 is 5.84 Å². The van der Waals surface area contributed by atoms with Gasteiger partial charge in [-0.2, -0.15) is 0 Å². The third-order valence-electron chi connectivity index (χ3n) is 3.54. The Morgan fingerprint density at radius 2 is 2.00 bits per heavy atom. The minimum Gasteiger partial charge on any atom is -0.387 e. The summed E-state index contributed by atoms with van der Waals surface area (Å²) in [6.07, 6.45) is 5.04. The van der Waals surface area contributed by atoms with Crippen molar-refractivity contribution in [1.82, 2.24) is 4.90 Å². The Balaban J connectivity index is 2.32. The zero-order valence-electron chi connectivity index (χ0n) is 11.1. The van der Waals surface area contributed by atoms with Crippen molar-refractivity contribution in [2.75, 3.05) is 19.6 Å². The molecule has 3 nitrogen and oxygen atoms in total. The molecule has 94 valence electrons. The van der Waals surface area contributed by atoms with Gasteiger partial charge in [0.25, 0.3) is 0 Å². The van der Waals surface area contributed by atoms with Crippen LogP contribution in [-0.4, -0.2) is 30.4 Å². The minimum atomic E-state index is -0.143. The lowest BCUT2D eigenvalue weighted by Crippen LogP contribution is -2.36. The molecule has 3 heteroatoms. The van der Waals surface area contributed by atoms with Crippen LogP contribution in [0.4, 0.5) is 0 Å². The van der Waals surface area contributed by atoms with Crippen LogP contribution >= 0.6 is 0 Å². The molecule has 1 fully saturated rings. The zero-order chi connectivity index (χ0) is 12.2. The first-order valence-electron chi connectivity index (χ1n) is 6.52. The molecule has 0 unspecified atom stereocenters. The summed E-state index contributed by atoms with van der Waals surface area (Å²) < 4.78 is 0. The van der Waals surface area contributed by atoms with Crippen molar-refractivity contribution in [3.05, 3.63) is 0 Å². The molecule has 0 amide bonds. The summed E-state index contributed by atoms with van der Waals surface area (Å²) in [4.78, 5) is 2.54. The standard InChI is InChI=1S/C13H27N3/c1-4-8-16(10-11-5-6-11)9-7-13(2,3)12(14)15/h11H,4-10H2,1-3H3,(H3,14,15). The van der Waals surface area contributed by atoms with Gasteiger partial charge in [-0.15, -0.1) is 0 Å². The third-order valence-corrected chi connectivity index (χ3v) is 3.54. The Labute approximate surface area is 99.9 Å². The summed E-state index contributed by atoms with van der Waals surface area (Å²) in [5.41, 5.74) is 5.47. The van der Waals surface area contributed by atoms with E-state index >= 15 is 0 Å². The van der Waals surface area contributed by atoms with Crippen LogP contribution in [0, 0.1) is 16.7 Å². The number of amidine groups is 1. The van der Waals surface area contributed by atoms with E-state index in [0.717, 1.165) is 18.9 Å². The number of hydrogen-bond acceptors (Lipinski definition) is 2. The van der Waals surface area contributed by atoms with Gasteiger partial charge < -0.3 is 10.6 Å². The maximum atomic E-state index is 7.56. The summed E-state index contributed by atoms with van der Waals surface area (Å²) in [6.45, 7) is 9.88. The summed E-state index contributed by atoms with van der Waals surface area (Å²) >= 11 is 0. The number of nitrogens with zero attached hydrogens (tertiary/aromatic N) is 1. The fraction of sp³-hybridized carbons (Fsp3) is 0.923. The van der Waals surface area contributed by atoms with Gasteiger partial charge in [-0.3, -0.25) is 5.41 Å². The topological polar surface area (TPSA) is 53.1 Å². The van der Waals surface area contributed by atoms with Crippen molar-refractivity contribution in [2.45, 2.75) is 46.5 Å². The molecular formula is C13H27N3. The van der Waals surface area contributed by atoms with Gasteiger partial charge in [0, 0.05) is 12.0 Å². The van der Waals surface area contributed by atoms with Gasteiger partial charge in [0.1, 0.15) is 0 Å². The van der Waals surface area contributed by atoms with Crippen LogP contribution in [0.1, 0.15) is 46.5 Å². The van der Waals surface area contributed by atoms with Gasteiger partial charge in [0.05, 0.1) is 5.84 Å². The lowest BCUT2D eigenvalue weighted by atomic mass is 9.88. The fourth-order valence-electron chi connectivity index (χ4n) is 1.85. The van der Waals surface area contributed by atoms with Crippen molar-refractivity contribution < 1.29 is 0 Å². The van der Waals surface area contributed by atoms with Crippen LogP contribution in [-0.2, 0) is 0 Å². The Morgan fingerprint density at radius 1 is 1.38 bits per heavy atom. The first-order chi connectivity index (χ1) is 7.45. The van der Waals surface area contributed by atoms with Gasteiger partial charge in [0.15, 0.2) is 0 Å². The molecule has 16 heavy (non-hydrogen) atoms. The molecular weight excluding hydrogens is 198 g/mol. The van der Waals surface area contributed by atoms with Crippen molar-refractivity contribution in [3.8, 4) is 0 Å². The molecule has 1 aliphatic rings. The Kier molecular flexibility index (Phi) is 4.78. The molecule has 0 aromatic carbocycles. The normalized spacial score (nSPS) is 16.8. The van der Waals surface area contributed by atoms with Crippen LogP contribution in [0.5, 0.6) is 0 Å². The van der Waals surface area contributed by atoms with E-state index in [0.29, 0.717) is 5.84 Å². The SMILES string of the molecule is CCCN(CCC(C)(C)C(=N)N)CC1CC1. The second kappa shape index (κ2) is 5.67. The molecule has 0 spiro atoms. The number of rotatable bonds is 8. The zero-order valence-corrected chi connectivity index (χ0v) is 11.1. The second-order valence-electron chi connectivity index (χ2n) is 5.79. The maximum absolute atomic E-state index is 7.56. The number of nitrogens with two attached hydrogens (primary N) is 1. The van der Waals surface area contributed by atoms with Gasteiger partial charge in [-0.1, -0.05) is 20.8 Å². The molecule has 0 bridgehead atoms. The molecule has 0 saturated heterocycles. The van der Waals surface area contributed by atoms with Crippen LogP contribution in [0.15, 0.2) is 0 Å². The Hall–Kier alpha value is -0.570. The van der Waals surface area contributed by atoms with Gasteiger partial charge in [-0.25, -0.2) is 0 Å². The third kappa shape index (κ3) is 4.52. The predicted octanol–water partition coefficient (Wildman–Crippen LogP) is 2.46. The molecule has 1 saturated carbocycles. The van der Waals surface area contributed by atoms with Crippen LogP contribution in [0.2, 0.25) is 0 Å². The first kappa shape index (κ1) is 13.5. The molecule has 0 aromatic heterocycles. The van der Waals surface area contributed by atoms with Crippen LogP contribution in [0.25, 0.3) is 0 Å². The van der Waals surface area contributed by atoms with E-state index in [4.69, 9.17) is 11.1 Å². The van der Waals surface area contributed by atoms with Gasteiger partial charge in [0.2, 0.25) is 0 Å². The highest BCUT2D eigenvalue weighted by Gasteiger charge is 2.26. The Morgan fingerprint density at radius 3 is 2.44 bits per heavy atom. The van der Waals surface area contributed by atoms with Crippen LogP contribution < -0.4 is 5.73 Å². The molecule has 0 aliphatic heterocycles. The monoisotopic (exact) mass is 225 g/mol. The minimum absolute atomic E-state index is 0.143. The average molecular weight is 225 g/mol. The van der Waals surface area contributed by atoms with E-state index in [-0.39, 0.29) is 5.41 Å². The van der Waals surface area contributed by atoms with E-state index in [1.54, 1.807) is 0 Å². The number of nitrogens with one attached hydrogen (secondary N) is 1. The quantitative estimate of drug-likeness (QED) is 0.492. The predicted molar refractivity (Wildman–Crippen MR) is 69.8 cm³/mol. The van der Waals surface area contributed by atoms with E-state index in [2.05, 4.69) is 25.7 Å². The van der Waals surface area contributed by atoms with Crippen molar-refractivity contribution in [1.29, 1.82) is 5.41 Å². The van der Waals surface area contributed by atoms with Crippen LogP contribution in [0.3, 0.4) is 0 Å². The van der Waals surface area contributed by atoms with Gasteiger partial charge >= 0.3 is 0 Å². The number of hydrogen-bond donors (Lipinski definition) is 2. The van der Waals surface area contributed by atoms with E-state index < -0.39 is 0 Å². The lowest BCUT2D eigenvalue weighted by molar-refractivity contribution is 0.236. The van der Waals surface area contributed by atoms with E-state index in [1.807, 2.05) is 0 Å². The highest BCUT2D eigenvalue weighted by Crippen LogP contribution is 2.30. The molecule has 0 aromatic rings. The van der Waals surface area contributed by atoms with Gasteiger partial charge in [-0.05, 0) is 44.7 Å². The fourth-order valence-corrected chi connectivity index (χ4v) is 1.85. The lowest BCUT2D eigenvalue weighted by Gasteiger charge is -2.28. The highest BCUT2D eigenvalue weighted by atomic mass is 15.1. The summed E-state index contributed by atoms with van der Waals surface area (Å²) in [5.74, 6) is 1.27. The van der Waals surface area contributed by atoms with E-state index in [9.17, 15) is 0 Å². The largest absolute Gasteiger partial charge is 0.387 e. The maximum Gasteiger partial charge on any atom is 0.0963 e. The van der Waals surface area contributed by atoms with E-state index in [1.165, 1.54) is 32.4 Å². The molecule has 0 radical (unpaired) electrons. The summed E-state index contributed by atoms with van der Waals surface area (Å²) in [7, 11) is 0.